The number of amides is 1. The quantitative estimate of drug-likeness (QED) is 0.841. The summed E-state index contributed by atoms with van der Waals surface area (Å²) in [7, 11) is 0. The van der Waals surface area contributed by atoms with Crippen LogP contribution in [-0.2, 0) is 4.79 Å². The monoisotopic (exact) mass is 269 g/mol. The van der Waals surface area contributed by atoms with Gasteiger partial charge in [-0.1, -0.05) is 36.4 Å². The van der Waals surface area contributed by atoms with Crippen molar-refractivity contribution in [3.8, 4) is 0 Å². The smallest absolute Gasteiger partial charge is 0.225 e. The first kappa shape index (κ1) is 12.3. The van der Waals surface area contributed by atoms with Crippen LogP contribution in [0.2, 0.25) is 0 Å². The van der Waals surface area contributed by atoms with E-state index in [4.69, 9.17) is 0 Å². The predicted octanol–water partition coefficient (Wildman–Crippen LogP) is 4.17. The Morgan fingerprint density at radius 2 is 1.84 bits per heavy atom. The molecule has 1 unspecified atom stereocenters. The van der Waals surface area contributed by atoms with Crippen LogP contribution in [0.1, 0.15) is 22.8 Å². The third-order valence-corrected chi connectivity index (χ3v) is 4.65. The largest absolute Gasteiger partial charge is 0.325 e. The lowest BCUT2D eigenvalue weighted by molar-refractivity contribution is -0.116. The van der Waals surface area contributed by atoms with Gasteiger partial charge in [-0.05, 0) is 30.2 Å². The van der Waals surface area contributed by atoms with Gasteiger partial charge >= 0.3 is 0 Å². The van der Waals surface area contributed by atoms with Crippen LogP contribution in [0, 0.1) is 6.92 Å². The van der Waals surface area contributed by atoms with E-state index in [0.29, 0.717) is 6.42 Å². The second-order valence-electron chi connectivity index (χ2n) is 4.71. The summed E-state index contributed by atoms with van der Waals surface area (Å²) >= 11 is 1.77. The number of anilines is 1. The third kappa shape index (κ3) is 2.51. The molecule has 0 fully saturated rings. The minimum absolute atomic E-state index is 0.0886. The topological polar surface area (TPSA) is 29.1 Å². The van der Waals surface area contributed by atoms with Gasteiger partial charge in [0.05, 0.1) is 5.69 Å². The number of rotatable bonds is 1. The molecule has 0 spiro atoms. The molecule has 0 aromatic heterocycles. The minimum atomic E-state index is 0.0886. The van der Waals surface area contributed by atoms with Gasteiger partial charge in [0.25, 0.3) is 0 Å². The Morgan fingerprint density at radius 3 is 2.68 bits per heavy atom. The van der Waals surface area contributed by atoms with Crippen LogP contribution in [0.4, 0.5) is 5.69 Å². The van der Waals surface area contributed by atoms with Crippen molar-refractivity contribution in [3.05, 3.63) is 59.7 Å². The first-order valence-electron chi connectivity index (χ1n) is 6.35. The van der Waals surface area contributed by atoms with E-state index < -0.39 is 0 Å². The van der Waals surface area contributed by atoms with Crippen LogP contribution in [0.15, 0.2) is 53.4 Å². The first-order valence-corrected chi connectivity index (χ1v) is 7.23. The summed E-state index contributed by atoms with van der Waals surface area (Å²) in [6.45, 7) is 2.10. The zero-order chi connectivity index (χ0) is 13.2. The van der Waals surface area contributed by atoms with E-state index in [-0.39, 0.29) is 11.2 Å². The lowest BCUT2D eigenvalue weighted by atomic mass is 10.0. The Balaban J connectivity index is 2.01. The zero-order valence-corrected chi connectivity index (χ0v) is 11.5. The van der Waals surface area contributed by atoms with Gasteiger partial charge < -0.3 is 5.32 Å². The molecule has 19 heavy (non-hydrogen) atoms. The number of hydrogen-bond acceptors (Lipinski definition) is 2. The summed E-state index contributed by atoms with van der Waals surface area (Å²) < 4.78 is 0. The molecule has 2 nitrogen and oxygen atoms in total. The van der Waals surface area contributed by atoms with Gasteiger partial charge in [0.2, 0.25) is 5.91 Å². The molecule has 3 rings (SSSR count). The number of benzene rings is 2. The van der Waals surface area contributed by atoms with Crippen LogP contribution in [0.3, 0.4) is 0 Å². The number of carbonyl (C=O) groups is 1. The van der Waals surface area contributed by atoms with Gasteiger partial charge in [0.1, 0.15) is 0 Å². The van der Waals surface area contributed by atoms with Crippen molar-refractivity contribution in [1.82, 2.24) is 0 Å². The lowest BCUT2D eigenvalue weighted by Gasteiger charge is -2.15. The normalized spacial score (nSPS) is 18.4. The van der Waals surface area contributed by atoms with E-state index in [1.54, 1.807) is 11.8 Å². The van der Waals surface area contributed by atoms with E-state index in [9.17, 15) is 4.79 Å². The van der Waals surface area contributed by atoms with Gasteiger partial charge in [-0.3, -0.25) is 4.79 Å². The highest BCUT2D eigenvalue weighted by atomic mass is 32.2. The summed E-state index contributed by atoms with van der Waals surface area (Å²) in [5, 5.41) is 3.17. The Kier molecular flexibility index (Phi) is 3.30. The van der Waals surface area contributed by atoms with E-state index in [1.165, 1.54) is 11.1 Å². The number of thioether (sulfide) groups is 1. The average molecular weight is 269 g/mol. The highest BCUT2D eigenvalue weighted by Crippen LogP contribution is 2.44. The molecule has 3 heteroatoms. The van der Waals surface area contributed by atoms with Crippen molar-refractivity contribution < 1.29 is 4.79 Å². The molecule has 1 aliphatic rings. The highest BCUT2D eigenvalue weighted by molar-refractivity contribution is 7.99. The molecule has 0 bridgehead atoms. The van der Waals surface area contributed by atoms with E-state index >= 15 is 0 Å². The number of nitrogens with one attached hydrogen (secondary N) is 1. The fraction of sp³-hybridized carbons (Fsp3) is 0.188. The maximum Gasteiger partial charge on any atom is 0.225 e. The summed E-state index contributed by atoms with van der Waals surface area (Å²) in [6, 6.07) is 16.3. The molecule has 2 aromatic carbocycles. The molecule has 1 heterocycles. The Labute approximate surface area is 117 Å². The van der Waals surface area contributed by atoms with Crippen LogP contribution >= 0.6 is 11.8 Å². The van der Waals surface area contributed by atoms with Gasteiger partial charge in [-0.15, -0.1) is 11.8 Å². The van der Waals surface area contributed by atoms with E-state index in [0.717, 1.165) is 10.6 Å². The number of carbonyl (C=O) groups excluding carboxylic acids is 1. The molecule has 96 valence electrons. The lowest BCUT2D eigenvalue weighted by Crippen LogP contribution is -2.12. The SMILES string of the molecule is Cc1ccccc1C1CC(=O)Nc2ccccc2S1. The Bertz CT molecular complexity index is 624. The summed E-state index contributed by atoms with van der Waals surface area (Å²) in [5.41, 5.74) is 3.42. The number of hydrogen-bond donors (Lipinski definition) is 1. The fourth-order valence-electron chi connectivity index (χ4n) is 2.36. The molecule has 1 aliphatic heterocycles. The van der Waals surface area contributed by atoms with E-state index in [2.05, 4.69) is 30.4 Å². The zero-order valence-electron chi connectivity index (χ0n) is 10.7. The molecule has 0 saturated carbocycles. The Hall–Kier alpha value is -1.74. The second-order valence-corrected chi connectivity index (χ2v) is 5.96. The number of aryl methyl sites for hydroxylation is 1. The fourth-order valence-corrected chi connectivity index (χ4v) is 3.69. The van der Waals surface area contributed by atoms with E-state index in [1.807, 2.05) is 30.3 Å². The van der Waals surface area contributed by atoms with Crippen molar-refractivity contribution in [3.63, 3.8) is 0 Å². The van der Waals surface area contributed by atoms with Crippen molar-refractivity contribution in [2.45, 2.75) is 23.5 Å². The van der Waals surface area contributed by atoms with Gasteiger partial charge in [-0.2, -0.15) is 0 Å². The molecule has 0 radical (unpaired) electrons. The summed E-state index contributed by atoms with van der Waals surface area (Å²) in [4.78, 5) is 13.2. The maximum absolute atomic E-state index is 12.0. The third-order valence-electron chi connectivity index (χ3n) is 3.34. The van der Waals surface area contributed by atoms with Gasteiger partial charge in [0, 0.05) is 16.6 Å². The standard InChI is InChI=1S/C16H15NOS/c1-11-6-2-3-7-12(11)15-10-16(18)17-13-8-4-5-9-14(13)19-15/h2-9,15H,10H2,1H3,(H,17,18). The molecule has 0 aliphatic carbocycles. The van der Waals surface area contributed by atoms with Crippen molar-refractivity contribution in [2.75, 3.05) is 5.32 Å². The molecule has 1 N–H and O–H groups in total. The predicted molar refractivity (Wildman–Crippen MR) is 79.5 cm³/mol. The van der Waals surface area contributed by atoms with Crippen molar-refractivity contribution in [1.29, 1.82) is 0 Å². The first-order chi connectivity index (χ1) is 9.24. The van der Waals surface area contributed by atoms with Gasteiger partial charge in [-0.25, -0.2) is 0 Å². The minimum Gasteiger partial charge on any atom is -0.325 e. The highest BCUT2D eigenvalue weighted by Gasteiger charge is 2.24. The second kappa shape index (κ2) is 5.10. The molecule has 0 saturated heterocycles. The molecule has 2 aromatic rings. The maximum atomic E-state index is 12.0. The molecule has 1 amide bonds. The van der Waals surface area contributed by atoms with Crippen LogP contribution in [-0.4, -0.2) is 5.91 Å². The Morgan fingerprint density at radius 1 is 1.11 bits per heavy atom. The van der Waals surface area contributed by atoms with Crippen molar-refractivity contribution in [2.24, 2.45) is 0 Å². The molecule has 1 atom stereocenters. The molecular weight excluding hydrogens is 254 g/mol. The van der Waals surface area contributed by atoms with Crippen molar-refractivity contribution >= 4 is 23.4 Å². The van der Waals surface area contributed by atoms with Crippen LogP contribution in [0.5, 0.6) is 0 Å². The number of fused-ring (bicyclic) bond motifs is 1. The summed E-state index contributed by atoms with van der Waals surface area (Å²) in [5.74, 6) is 0.0886. The van der Waals surface area contributed by atoms with Crippen LogP contribution in [0.25, 0.3) is 0 Å². The summed E-state index contributed by atoms with van der Waals surface area (Å²) in [6.07, 6.45) is 0.518. The molecular formula is C16H15NOS. The number of para-hydroxylation sites is 1. The average Bonchev–Trinajstić information content (AvgIpc) is 2.57. The van der Waals surface area contributed by atoms with Crippen LogP contribution < -0.4 is 5.32 Å². The van der Waals surface area contributed by atoms with Gasteiger partial charge in [0.15, 0.2) is 0 Å².